The molecule has 94 valence electrons. The quantitative estimate of drug-likeness (QED) is 0.761. The molecule has 1 N–H and O–H groups in total. The van der Waals surface area contributed by atoms with E-state index in [-0.39, 0.29) is 18.2 Å². The van der Waals surface area contributed by atoms with E-state index in [2.05, 4.69) is 4.72 Å². The van der Waals surface area contributed by atoms with E-state index in [0.717, 1.165) is 0 Å². The summed E-state index contributed by atoms with van der Waals surface area (Å²) in [6, 6.07) is 0. The van der Waals surface area contributed by atoms with Gasteiger partial charge >= 0.3 is 0 Å². The summed E-state index contributed by atoms with van der Waals surface area (Å²) < 4.78 is 31.1. The normalized spacial score (nSPS) is 18.9. The van der Waals surface area contributed by atoms with Crippen LogP contribution in [0.3, 0.4) is 0 Å². The molecular formula is C10H19NO4S. The van der Waals surface area contributed by atoms with Gasteiger partial charge in [0.05, 0.1) is 11.8 Å². The zero-order valence-corrected chi connectivity index (χ0v) is 10.5. The van der Waals surface area contributed by atoms with Crippen LogP contribution in [0.5, 0.6) is 0 Å². The highest BCUT2D eigenvalue weighted by molar-refractivity contribution is 7.90. The van der Waals surface area contributed by atoms with E-state index in [9.17, 15) is 13.2 Å². The second-order valence-corrected chi connectivity index (χ2v) is 6.34. The predicted octanol–water partition coefficient (Wildman–Crippen LogP) is 0.310. The lowest BCUT2D eigenvalue weighted by molar-refractivity contribution is -0.120. The zero-order chi connectivity index (χ0) is 12.2. The van der Waals surface area contributed by atoms with Gasteiger partial charge in [0, 0.05) is 19.1 Å². The lowest BCUT2D eigenvalue weighted by Crippen LogP contribution is -2.40. The Kier molecular flexibility index (Phi) is 4.89. The minimum absolute atomic E-state index is 0.0874. The molecule has 0 unspecified atom stereocenters. The fourth-order valence-electron chi connectivity index (χ4n) is 1.48. The molecule has 0 aromatic rings. The van der Waals surface area contributed by atoms with Crippen molar-refractivity contribution in [2.45, 2.75) is 31.9 Å². The second-order valence-electron chi connectivity index (χ2n) is 4.30. The molecule has 5 nitrogen and oxygen atoms in total. The van der Waals surface area contributed by atoms with Crippen LogP contribution in [0.1, 0.15) is 26.7 Å². The number of hydrogen-bond donors (Lipinski definition) is 1. The van der Waals surface area contributed by atoms with Crippen LogP contribution in [-0.2, 0) is 19.6 Å². The Balaban J connectivity index is 2.48. The standard InChI is InChI=1S/C10H19NO4S/c1-8(2)10(12)7-11-16(13,14)9-3-5-15-6-4-9/h8-9,11H,3-7H2,1-2H3. The Labute approximate surface area is 96.6 Å². The summed E-state index contributed by atoms with van der Waals surface area (Å²) in [5.74, 6) is -0.229. The number of rotatable bonds is 5. The van der Waals surface area contributed by atoms with Gasteiger partial charge in [0.25, 0.3) is 0 Å². The molecule has 1 heterocycles. The molecule has 1 rings (SSSR count). The topological polar surface area (TPSA) is 72.5 Å². The van der Waals surface area contributed by atoms with Crippen molar-refractivity contribution in [1.82, 2.24) is 4.72 Å². The molecule has 1 saturated heterocycles. The van der Waals surface area contributed by atoms with Gasteiger partial charge in [0.15, 0.2) is 0 Å². The van der Waals surface area contributed by atoms with Crippen molar-refractivity contribution < 1.29 is 17.9 Å². The van der Waals surface area contributed by atoms with Crippen molar-refractivity contribution in [2.75, 3.05) is 19.8 Å². The fraction of sp³-hybridized carbons (Fsp3) is 0.900. The van der Waals surface area contributed by atoms with E-state index in [0.29, 0.717) is 26.1 Å². The van der Waals surface area contributed by atoms with E-state index >= 15 is 0 Å². The first-order chi connectivity index (χ1) is 7.43. The second kappa shape index (κ2) is 5.75. The van der Waals surface area contributed by atoms with Crippen LogP contribution >= 0.6 is 0 Å². The lowest BCUT2D eigenvalue weighted by Gasteiger charge is -2.22. The van der Waals surface area contributed by atoms with Crippen molar-refractivity contribution in [3.05, 3.63) is 0 Å². The molecule has 0 saturated carbocycles. The molecule has 1 aliphatic rings. The number of nitrogens with one attached hydrogen (secondary N) is 1. The molecule has 0 aromatic carbocycles. The van der Waals surface area contributed by atoms with Crippen molar-refractivity contribution in [3.63, 3.8) is 0 Å². The third kappa shape index (κ3) is 3.84. The molecule has 0 aliphatic carbocycles. The molecule has 0 aromatic heterocycles. The molecule has 1 fully saturated rings. The lowest BCUT2D eigenvalue weighted by atomic mass is 10.1. The summed E-state index contributed by atoms with van der Waals surface area (Å²) in [6.07, 6.45) is 1.01. The third-order valence-electron chi connectivity index (χ3n) is 2.70. The van der Waals surface area contributed by atoms with Crippen LogP contribution in [0.15, 0.2) is 0 Å². The Hall–Kier alpha value is -0.460. The Morgan fingerprint density at radius 2 is 1.94 bits per heavy atom. The van der Waals surface area contributed by atoms with Gasteiger partial charge < -0.3 is 4.74 Å². The minimum atomic E-state index is -3.36. The summed E-state index contributed by atoms with van der Waals surface area (Å²) in [5, 5.41) is -0.416. The van der Waals surface area contributed by atoms with E-state index in [1.165, 1.54) is 0 Å². The summed E-state index contributed by atoms with van der Waals surface area (Å²) in [5.41, 5.74) is 0. The molecular weight excluding hydrogens is 230 g/mol. The van der Waals surface area contributed by atoms with Crippen molar-refractivity contribution in [2.24, 2.45) is 5.92 Å². The van der Waals surface area contributed by atoms with Crippen LogP contribution in [0.2, 0.25) is 0 Å². The largest absolute Gasteiger partial charge is 0.381 e. The highest BCUT2D eigenvalue weighted by atomic mass is 32.2. The number of hydrogen-bond acceptors (Lipinski definition) is 4. The molecule has 0 spiro atoms. The maximum Gasteiger partial charge on any atom is 0.215 e. The first kappa shape index (κ1) is 13.6. The van der Waals surface area contributed by atoms with Gasteiger partial charge in [-0.3, -0.25) is 4.79 Å². The number of sulfonamides is 1. The molecule has 16 heavy (non-hydrogen) atoms. The van der Waals surface area contributed by atoms with E-state index < -0.39 is 15.3 Å². The SMILES string of the molecule is CC(C)C(=O)CNS(=O)(=O)C1CCOCC1. The number of carbonyl (C=O) groups excluding carboxylic acids is 1. The molecule has 1 aliphatic heterocycles. The Bertz CT molecular complexity index is 331. The number of Topliss-reactive ketones (excluding diaryl/α,β-unsaturated/α-hetero) is 1. The average molecular weight is 249 g/mol. The van der Waals surface area contributed by atoms with Crippen LogP contribution in [-0.4, -0.2) is 39.2 Å². The third-order valence-corrected chi connectivity index (χ3v) is 4.59. The van der Waals surface area contributed by atoms with Gasteiger partial charge in [-0.15, -0.1) is 0 Å². The van der Waals surface area contributed by atoms with E-state index in [1.54, 1.807) is 13.8 Å². The summed E-state index contributed by atoms with van der Waals surface area (Å²) in [4.78, 5) is 11.3. The Morgan fingerprint density at radius 3 is 2.44 bits per heavy atom. The highest BCUT2D eigenvalue weighted by Gasteiger charge is 2.27. The molecule has 0 amide bonds. The highest BCUT2D eigenvalue weighted by Crippen LogP contribution is 2.14. The summed E-state index contributed by atoms with van der Waals surface area (Å²) >= 11 is 0. The fourth-order valence-corrected chi connectivity index (χ4v) is 2.87. The minimum Gasteiger partial charge on any atom is -0.381 e. The van der Waals surface area contributed by atoms with Gasteiger partial charge in [0.1, 0.15) is 5.78 Å². The first-order valence-corrected chi connectivity index (χ1v) is 7.07. The monoisotopic (exact) mass is 249 g/mol. The maximum atomic E-state index is 11.8. The van der Waals surface area contributed by atoms with Crippen LogP contribution in [0.25, 0.3) is 0 Å². The zero-order valence-electron chi connectivity index (χ0n) is 9.73. The molecule has 0 atom stereocenters. The van der Waals surface area contributed by atoms with Gasteiger partial charge in [-0.1, -0.05) is 13.8 Å². The predicted molar refractivity (Wildman–Crippen MR) is 60.6 cm³/mol. The van der Waals surface area contributed by atoms with Gasteiger partial charge in [0.2, 0.25) is 10.0 Å². The summed E-state index contributed by atoms with van der Waals surface area (Å²) in [6.45, 7) is 4.36. The molecule has 0 radical (unpaired) electrons. The smallest absolute Gasteiger partial charge is 0.215 e. The van der Waals surface area contributed by atoms with E-state index in [4.69, 9.17) is 4.74 Å². The van der Waals surface area contributed by atoms with Crippen LogP contribution in [0.4, 0.5) is 0 Å². The molecule has 0 bridgehead atoms. The number of ketones is 1. The average Bonchev–Trinajstić information content (AvgIpc) is 2.27. The number of ether oxygens (including phenoxy) is 1. The first-order valence-electron chi connectivity index (χ1n) is 5.52. The van der Waals surface area contributed by atoms with Crippen molar-refractivity contribution in [3.8, 4) is 0 Å². The van der Waals surface area contributed by atoms with Crippen LogP contribution < -0.4 is 4.72 Å². The van der Waals surface area contributed by atoms with Crippen LogP contribution in [0, 0.1) is 5.92 Å². The van der Waals surface area contributed by atoms with Crippen molar-refractivity contribution in [1.29, 1.82) is 0 Å². The van der Waals surface area contributed by atoms with E-state index in [1.807, 2.05) is 0 Å². The molecule has 6 heteroatoms. The summed E-state index contributed by atoms with van der Waals surface area (Å²) in [7, 11) is -3.36. The van der Waals surface area contributed by atoms with Gasteiger partial charge in [-0.25, -0.2) is 13.1 Å². The maximum absolute atomic E-state index is 11.8. The van der Waals surface area contributed by atoms with Gasteiger partial charge in [-0.05, 0) is 12.8 Å². The van der Waals surface area contributed by atoms with Gasteiger partial charge in [-0.2, -0.15) is 0 Å². The Morgan fingerprint density at radius 1 is 1.38 bits per heavy atom. The van der Waals surface area contributed by atoms with Crippen molar-refractivity contribution >= 4 is 15.8 Å². The number of carbonyl (C=O) groups is 1.